The Labute approximate surface area is 102 Å². The highest BCUT2D eigenvalue weighted by Gasteiger charge is 2.26. The number of ether oxygens (including phenoxy) is 1. The lowest BCUT2D eigenvalue weighted by molar-refractivity contribution is -0.143. The third-order valence-electron chi connectivity index (χ3n) is 3.01. The number of carbonyl (C=O) groups excluding carboxylic acids is 1. The molecule has 5 heteroatoms. The summed E-state index contributed by atoms with van der Waals surface area (Å²) in [5.41, 5.74) is 0. The van der Waals surface area contributed by atoms with Crippen molar-refractivity contribution in [3.8, 4) is 0 Å². The van der Waals surface area contributed by atoms with Gasteiger partial charge in [0.25, 0.3) is 0 Å². The standard InChI is InChI=1S/C12H21NO4/c1-2-17-9-10-5-3-4-8-13(10)11(14)6-7-12(15)16/h10H,2-9H2,1H3,(H,15,16)/t10-/m0/s1. The Kier molecular flexibility index (Phi) is 5.97. The number of rotatable bonds is 6. The van der Waals surface area contributed by atoms with E-state index in [9.17, 15) is 9.59 Å². The van der Waals surface area contributed by atoms with Crippen LogP contribution in [0.5, 0.6) is 0 Å². The van der Waals surface area contributed by atoms with Crippen molar-refractivity contribution in [1.82, 2.24) is 4.90 Å². The van der Waals surface area contributed by atoms with Gasteiger partial charge in [-0.1, -0.05) is 0 Å². The maximum Gasteiger partial charge on any atom is 0.303 e. The van der Waals surface area contributed by atoms with E-state index < -0.39 is 5.97 Å². The van der Waals surface area contributed by atoms with E-state index in [4.69, 9.17) is 9.84 Å². The fourth-order valence-corrected chi connectivity index (χ4v) is 2.11. The van der Waals surface area contributed by atoms with Crippen molar-refractivity contribution < 1.29 is 19.4 Å². The summed E-state index contributed by atoms with van der Waals surface area (Å²) in [7, 11) is 0. The molecule has 5 nitrogen and oxygen atoms in total. The zero-order chi connectivity index (χ0) is 12.7. The molecule has 17 heavy (non-hydrogen) atoms. The number of piperidine rings is 1. The highest BCUT2D eigenvalue weighted by Crippen LogP contribution is 2.18. The third kappa shape index (κ3) is 4.73. The molecule has 0 aromatic rings. The first-order chi connectivity index (χ1) is 8.15. The van der Waals surface area contributed by atoms with Crippen LogP contribution in [-0.4, -0.2) is 47.7 Å². The SMILES string of the molecule is CCOC[C@@H]1CCCCN1C(=O)CCC(=O)O. The summed E-state index contributed by atoms with van der Waals surface area (Å²) in [5, 5.41) is 8.57. The molecule has 1 saturated heterocycles. The second-order valence-corrected chi connectivity index (χ2v) is 4.29. The van der Waals surface area contributed by atoms with E-state index in [-0.39, 0.29) is 24.8 Å². The van der Waals surface area contributed by atoms with Crippen LogP contribution < -0.4 is 0 Å². The minimum atomic E-state index is -0.920. The Bertz CT molecular complexity index is 267. The predicted molar refractivity (Wildman–Crippen MR) is 62.7 cm³/mol. The second kappa shape index (κ2) is 7.27. The first kappa shape index (κ1) is 14.0. The molecule has 0 aromatic carbocycles. The van der Waals surface area contributed by atoms with Crippen LogP contribution in [0.15, 0.2) is 0 Å². The van der Waals surface area contributed by atoms with E-state index in [1.807, 2.05) is 6.92 Å². The molecule has 1 atom stereocenters. The number of hydrogen-bond donors (Lipinski definition) is 1. The molecule has 0 bridgehead atoms. The average molecular weight is 243 g/mol. The van der Waals surface area contributed by atoms with Gasteiger partial charge in [-0.05, 0) is 26.2 Å². The zero-order valence-corrected chi connectivity index (χ0v) is 10.4. The fourth-order valence-electron chi connectivity index (χ4n) is 2.11. The quantitative estimate of drug-likeness (QED) is 0.763. The summed E-state index contributed by atoms with van der Waals surface area (Å²) in [6.07, 6.45) is 3.08. The van der Waals surface area contributed by atoms with Gasteiger partial charge in [0.15, 0.2) is 0 Å². The minimum Gasteiger partial charge on any atom is -0.481 e. The molecule has 1 heterocycles. The molecular formula is C12H21NO4. The normalized spacial score (nSPS) is 20.3. The number of carboxylic acid groups (broad SMARTS) is 1. The van der Waals surface area contributed by atoms with Crippen molar-refractivity contribution in [3.05, 3.63) is 0 Å². The highest BCUT2D eigenvalue weighted by atomic mass is 16.5. The summed E-state index contributed by atoms with van der Waals surface area (Å²) in [6.45, 7) is 3.87. The van der Waals surface area contributed by atoms with E-state index in [1.54, 1.807) is 4.90 Å². The molecule has 0 spiro atoms. The van der Waals surface area contributed by atoms with Crippen molar-refractivity contribution in [3.63, 3.8) is 0 Å². The summed E-state index contributed by atoms with van der Waals surface area (Å²) in [6, 6.07) is 0.130. The Morgan fingerprint density at radius 2 is 2.12 bits per heavy atom. The molecule has 98 valence electrons. The van der Waals surface area contributed by atoms with Crippen LogP contribution in [0.1, 0.15) is 39.0 Å². The van der Waals surface area contributed by atoms with Gasteiger partial charge >= 0.3 is 5.97 Å². The van der Waals surface area contributed by atoms with Crippen LogP contribution in [0.2, 0.25) is 0 Å². The molecule has 0 unspecified atom stereocenters. The Morgan fingerprint density at radius 3 is 2.76 bits per heavy atom. The number of carbonyl (C=O) groups is 2. The van der Waals surface area contributed by atoms with Crippen LogP contribution in [-0.2, 0) is 14.3 Å². The molecule has 0 saturated carbocycles. The Hall–Kier alpha value is -1.10. The molecule has 1 rings (SSSR count). The van der Waals surface area contributed by atoms with Gasteiger partial charge < -0.3 is 14.7 Å². The fraction of sp³-hybridized carbons (Fsp3) is 0.833. The number of nitrogens with zero attached hydrogens (tertiary/aromatic N) is 1. The molecule has 0 aromatic heterocycles. The van der Waals surface area contributed by atoms with E-state index >= 15 is 0 Å². The van der Waals surface area contributed by atoms with E-state index in [0.29, 0.717) is 13.2 Å². The number of likely N-dealkylation sites (tertiary alicyclic amines) is 1. The van der Waals surface area contributed by atoms with Gasteiger partial charge in [-0.15, -0.1) is 0 Å². The molecular weight excluding hydrogens is 222 g/mol. The lowest BCUT2D eigenvalue weighted by Gasteiger charge is -2.35. The van der Waals surface area contributed by atoms with E-state index in [1.165, 1.54) is 0 Å². The van der Waals surface area contributed by atoms with Crippen LogP contribution >= 0.6 is 0 Å². The second-order valence-electron chi connectivity index (χ2n) is 4.29. The molecule has 1 aliphatic rings. The molecule has 1 N–H and O–H groups in total. The maximum atomic E-state index is 11.9. The maximum absolute atomic E-state index is 11.9. The number of hydrogen-bond acceptors (Lipinski definition) is 3. The first-order valence-corrected chi connectivity index (χ1v) is 6.24. The summed E-state index contributed by atoms with van der Waals surface area (Å²) < 4.78 is 5.37. The molecule has 1 fully saturated rings. The summed E-state index contributed by atoms with van der Waals surface area (Å²) in [4.78, 5) is 24.1. The average Bonchev–Trinajstić information content (AvgIpc) is 2.33. The summed E-state index contributed by atoms with van der Waals surface area (Å²) in [5.74, 6) is -0.978. The van der Waals surface area contributed by atoms with E-state index in [0.717, 1.165) is 25.8 Å². The van der Waals surface area contributed by atoms with Gasteiger partial charge in [-0.3, -0.25) is 9.59 Å². The van der Waals surface area contributed by atoms with Crippen molar-refractivity contribution in [2.75, 3.05) is 19.8 Å². The third-order valence-corrected chi connectivity index (χ3v) is 3.01. The van der Waals surface area contributed by atoms with Gasteiger partial charge in [0.1, 0.15) is 0 Å². The number of aliphatic carboxylic acids is 1. The van der Waals surface area contributed by atoms with Crippen molar-refractivity contribution in [2.45, 2.75) is 45.1 Å². The summed E-state index contributed by atoms with van der Waals surface area (Å²) >= 11 is 0. The molecule has 0 aliphatic carbocycles. The van der Waals surface area contributed by atoms with E-state index in [2.05, 4.69) is 0 Å². The van der Waals surface area contributed by atoms with Gasteiger partial charge in [-0.25, -0.2) is 0 Å². The smallest absolute Gasteiger partial charge is 0.303 e. The largest absolute Gasteiger partial charge is 0.481 e. The van der Waals surface area contributed by atoms with Crippen molar-refractivity contribution in [2.24, 2.45) is 0 Å². The minimum absolute atomic E-state index is 0.0585. The Balaban J connectivity index is 2.45. The lowest BCUT2D eigenvalue weighted by Crippen LogP contribution is -2.46. The zero-order valence-electron chi connectivity index (χ0n) is 10.4. The van der Waals surface area contributed by atoms with Gasteiger partial charge in [0.05, 0.1) is 19.1 Å². The topological polar surface area (TPSA) is 66.8 Å². The van der Waals surface area contributed by atoms with Crippen molar-refractivity contribution in [1.29, 1.82) is 0 Å². The highest BCUT2D eigenvalue weighted by molar-refractivity contribution is 5.81. The van der Waals surface area contributed by atoms with Gasteiger partial charge in [-0.2, -0.15) is 0 Å². The predicted octanol–water partition coefficient (Wildman–Crippen LogP) is 1.27. The van der Waals surface area contributed by atoms with Gasteiger partial charge in [0.2, 0.25) is 5.91 Å². The van der Waals surface area contributed by atoms with Gasteiger partial charge in [0, 0.05) is 19.6 Å². The molecule has 0 radical (unpaired) electrons. The molecule has 1 amide bonds. The van der Waals surface area contributed by atoms with Crippen LogP contribution in [0.3, 0.4) is 0 Å². The Morgan fingerprint density at radius 1 is 1.35 bits per heavy atom. The van der Waals surface area contributed by atoms with Crippen LogP contribution in [0.25, 0.3) is 0 Å². The van der Waals surface area contributed by atoms with Crippen molar-refractivity contribution >= 4 is 11.9 Å². The molecule has 1 aliphatic heterocycles. The van der Waals surface area contributed by atoms with Crippen LogP contribution in [0.4, 0.5) is 0 Å². The number of amides is 1. The monoisotopic (exact) mass is 243 g/mol. The van der Waals surface area contributed by atoms with Crippen LogP contribution in [0, 0.1) is 0 Å². The first-order valence-electron chi connectivity index (χ1n) is 6.24. The number of carboxylic acids is 1. The lowest BCUT2D eigenvalue weighted by atomic mass is 10.0.